The average Bonchev–Trinajstić information content (AvgIpc) is 3.58. The fourth-order valence-corrected chi connectivity index (χ4v) is 10.8. The van der Waals surface area contributed by atoms with E-state index in [0.717, 1.165) is 43.8 Å². The molecule has 0 aliphatic heterocycles. The van der Waals surface area contributed by atoms with Crippen molar-refractivity contribution in [2.24, 2.45) is 0 Å². The van der Waals surface area contributed by atoms with E-state index >= 15 is 0 Å². The Hall–Kier alpha value is -5.60. The summed E-state index contributed by atoms with van der Waals surface area (Å²) in [5, 5.41) is 6.21. The van der Waals surface area contributed by atoms with Crippen LogP contribution >= 0.6 is 18.5 Å². The van der Waals surface area contributed by atoms with Gasteiger partial charge in [-0.05, 0) is 40.5 Å². The lowest BCUT2D eigenvalue weighted by Crippen LogP contribution is -2.24. The number of fused-ring (bicyclic) bond motifs is 5. The lowest BCUT2D eigenvalue weighted by atomic mass is 9.98. The second kappa shape index (κ2) is 12.1. The molecule has 49 heavy (non-hydrogen) atoms. The third kappa shape index (κ3) is 5.11. The monoisotopic (exact) mass is 663 g/mol. The molecule has 232 valence electrons. The number of rotatable bonds is 6. The molecule has 0 saturated heterocycles. The van der Waals surface area contributed by atoms with E-state index in [1.165, 1.54) is 36.7 Å². The highest BCUT2D eigenvalue weighted by molar-refractivity contribution is 7.85. The maximum atomic E-state index is 14.8. The Bertz CT molecular complexity index is 2610. The van der Waals surface area contributed by atoms with Crippen molar-refractivity contribution in [1.29, 1.82) is 0 Å². The first kappa shape index (κ1) is 29.5. The summed E-state index contributed by atoms with van der Waals surface area (Å²) in [7, 11) is -3.02. The maximum Gasteiger partial charge on any atom is 0.171 e. The molecular weight excluding hydrogens is 634 g/mol. The average molecular weight is 664 g/mol. The van der Waals surface area contributed by atoms with Crippen LogP contribution in [-0.2, 0) is 4.57 Å². The molecule has 0 aliphatic rings. The molecule has 4 heteroatoms. The van der Waals surface area contributed by atoms with Gasteiger partial charge in [-0.15, -0.1) is 11.3 Å². The van der Waals surface area contributed by atoms with Crippen LogP contribution in [-0.4, -0.2) is 4.98 Å². The minimum atomic E-state index is -3.02. The van der Waals surface area contributed by atoms with Crippen molar-refractivity contribution < 1.29 is 4.57 Å². The van der Waals surface area contributed by atoms with Gasteiger partial charge in [0.15, 0.2) is 7.14 Å². The highest BCUT2D eigenvalue weighted by Crippen LogP contribution is 2.45. The summed E-state index contributed by atoms with van der Waals surface area (Å²) in [6.45, 7) is 0. The van der Waals surface area contributed by atoms with Gasteiger partial charge in [0.05, 0.1) is 15.9 Å². The molecule has 2 aromatic heterocycles. The molecule has 2 nitrogen and oxygen atoms in total. The van der Waals surface area contributed by atoms with Gasteiger partial charge in [0.2, 0.25) is 0 Å². The Morgan fingerprint density at radius 3 is 1.57 bits per heavy atom. The van der Waals surface area contributed by atoms with Gasteiger partial charge in [-0.1, -0.05) is 164 Å². The number of hydrogen-bond acceptors (Lipinski definition) is 3. The van der Waals surface area contributed by atoms with Crippen LogP contribution in [0.2, 0.25) is 0 Å². The van der Waals surface area contributed by atoms with Gasteiger partial charge in [-0.3, -0.25) is 0 Å². The van der Waals surface area contributed by atoms with Gasteiger partial charge in [0.1, 0.15) is 0 Å². The number of benzene rings is 7. The van der Waals surface area contributed by atoms with Gasteiger partial charge >= 0.3 is 0 Å². The Kier molecular flexibility index (Phi) is 7.31. The van der Waals surface area contributed by atoms with Crippen LogP contribution in [0.15, 0.2) is 182 Å². The first-order valence-electron chi connectivity index (χ1n) is 16.4. The van der Waals surface area contributed by atoms with Crippen molar-refractivity contribution in [3.05, 3.63) is 182 Å². The van der Waals surface area contributed by atoms with Crippen LogP contribution in [0, 0.1) is 0 Å². The summed E-state index contributed by atoms with van der Waals surface area (Å²) in [4.78, 5) is 5.28. The quantitative estimate of drug-likeness (QED) is 0.166. The van der Waals surface area contributed by atoms with Gasteiger partial charge in [0.25, 0.3) is 0 Å². The third-order valence-electron chi connectivity index (χ3n) is 9.38. The SMILES string of the molecule is O=P(c1ccccc1)(c1ccccc1)c1ccc(-c2ccc(-c3nc4ccc(-c5ccccc5)cc4c4c3sc3ccccc34)cc2)cc1. The second-order valence-electron chi connectivity index (χ2n) is 12.3. The smallest absolute Gasteiger partial charge is 0.171 e. The summed E-state index contributed by atoms with van der Waals surface area (Å²) in [6, 6.07) is 62.4. The number of hydrogen-bond donors (Lipinski definition) is 0. The Labute approximate surface area is 289 Å². The zero-order valence-corrected chi connectivity index (χ0v) is 28.2. The highest BCUT2D eigenvalue weighted by Gasteiger charge is 2.29. The molecule has 0 N–H and O–H groups in total. The molecule has 2 heterocycles. The van der Waals surface area contributed by atoms with E-state index in [0.29, 0.717) is 0 Å². The van der Waals surface area contributed by atoms with E-state index in [9.17, 15) is 4.57 Å². The van der Waals surface area contributed by atoms with Crippen molar-refractivity contribution in [1.82, 2.24) is 4.98 Å². The minimum absolute atomic E-state index is 0.827. The van der Waals surface area contributed by atoms with Crippen LogP contribution in [0.25, 0.3) is 64.6 Å². The molecule has 0 amide bonds. The fourth-order valence-electron chi connectivity index (χ4n) is 6.90. The van der Waals surface area contributed by atoms with Crippen molar-refractivity contribution in [3.63, 3.8) is 0 Å². The predicted molar refractivity (Wildman–Crippen MR) is 210 cm³/mol. The summed E-state index contributed by atoms with van der Waals surface area (Å²) in [6.07, 6.45) is 0. The largest absolute Gasteiger partial charge is 0.309 e. The third-order valence-corrected chi connectivity index (χ3v) is 13.6. The van der Waals surface area contributed by atoms with E-state index < -0.39 is 7.14 Å². The van der Waals surface area contributed by atoms with Gasteiger partial charge < -0.3 is 4.57 Å². The summed E-state index contributed by atoms with van der Waals surface area (Å²) < 4.78 is 17.3. The summed E-state index contributed by atoms with van der Waals surface area (Å²) in [5.74, 6) is 0. The second-order valence-corrected chi connectivity index (χ2v) is 16.1. The summed E-state index contributed by atoms with van der Waals surface area (Å²) >= 11 is 1.81. The normalized spacial score (nSPS) is 11.8. The van der Waals surface area contributed by atoms with Crippen molar-refractivity contribution in [3.8, 4) is 33.5 Å². The molecular formula is C45H30NOPS. The fraction of sp³-hybridized carbons (Fsp3) is 0. The zero-order chi connectivity index (χ0) is 32.8. The first-order chi connectivity index (χ1) is 24.2. The van der Waals surface area contributed by atoms with Gasteiger partial charge in [-0.2, -0.15) is 0 Å². The molecule has 0 unspecified atom stereocenters. The lowest BCUT2D eigenvalue weighted by molar-refractivity contribution is 0.592. The molecule has 9 aromatic rings. The standard InChI is InChI=1S/C45H30NOPS/c47-48(36-14-6-2-7-15-36,37-16-8-3-9-17-37)38-27-24-33(25-28-38)32-20-22-34(23-21-32)44-45-43(39-18-10-11-19-42(39)49-45)40-30-35(26-29-41(40)46-44)31-12-4-1-5-13-31/h1-30H. The summed E-state index contributed by atoms with van der Waals surface area (Å²) in [5.41, 5.74) is 7.66. The zero-order valence-electron chi connectivity index (χ0n) is 26.5. The first-order valence-corrected chi connectivity index (χ1v) is 18.9. The lowest BCUT2D eigenvalue weighted by Gasteiger charge is -2.20. The van der Waals surface area contributed by atoms with Crippen LogP contribution < -0.4 is 15.9 Å². The molecule has 0 saturated carbocycles. The van der Waals surface area contributed by atoms with Crippen LogP contribution in [0.4, 0.5) is 0 Å². The van der Waals surface area contributed by atoms with Crippen molar-refractivity contribution in [2.45, 2.75) is 0 Å². The van der Waals surface area contributed by atoms with Crippen molar-refractivity contribution >= 4 is 65.5 Å². The number of nitrogens with zero attached hydrogens (tertiary/aromatic N) is 1. The van der Waals surface area contributed by atoms with Crippen LogP contribution in [0.5, 0.6) is 0 Å². The van der Waals surface area contributed by atoms with Crippen molar-refractivity contribution in [2.75, 3.05) is 0 Å². The van der Waals surface area contributed by atoms with E-state index in [4.69, 9.17) is 4.98 Å². The van der Waals surface area contributed by atoms with E-state index in [-0.39, 0.29) is 0 Å². The maximum absolute atomic E-state index is 14.8. The molecule has 0 bridgehead atoms. The van der Waals surface area contributed by atoms with E-state index in [2.05, 4.69) is 109 Å². The van der Waals surface area contributed by atoms with Crippen LogP contribution in [0.1, 0.15) is 0 Å². The molecule has 9 rings (SSSR count). The molecule has 0 aliphatic carbocycles. The van der Waals surface area contributed by atoms with Crippen LogP contribution in [0.3, 0.4) is 0 Å². The van der Waals surface area contributed by atoms with Gasteiger partial charge in [0, 0.05) is 42.3 Å². The molecule has 7 aromatic carbocycles. The Morgan fingerprint density at radius 2 is 0.918 bits per heavy atom. The molecule has 0 atom stereocenters. The van der Waals surface area contributed by atoms with E-state index in [1.807, 2.05) is 84.1 Å². The molecule has 0 radical (unpaired) electrons. The Balaban J connectivity index is 1.11. The van der Waals surface area contributed by atoms with Gasteiger partial charge in [-0.25, -0.2) is 4.98 Å². The minimum Gasteiger partial charge on any atom is -0.309 e. The molecule has 0 spiro atoms. The van der Waals surface area contributed by atoms with E-state index in [1.54, 1.807) is 0 Å². The highest BCUT2D eigenvalue weighted by atomic mass is 32.1. The number of thiophene rings is 1. The molecule has 0 fully saturated rings. The number of aromatic nitrogens is 1. The predicted octanol–water partition coefficient (Wildman–Crippen LogP) is 11.2. The number of pyridine rings is 1. The topological polar surface area (TPSA) is 30.0 Å². The Morgan fingerprint density at radius 1 is 0.429 bits per heavy atom.